The Morgan fingerprint density at radius 3 is 2.30 bits per heavy atom. The van der Waals surface area contributed by atoms with Crippen LogP contribution >= 0.6 is 0 Å². The maximum atomic E-state index is 12.6. The van der Waals surface area contributed by atoms with Crippen LogP contribution < -0.4 is 0 Å². The summed E-state index contributed by atoms with van der Waals surface area (Å²) < 4.78 is 28.7. The first-order valence-electron chi connectivity index (χ1n) is 9.58. The molecule has 2 saturated heterocycles. The molecule has 0 N–H and O–H groups in total. The van der Waals surface area contributed by atoms with Crippen molar-refractivity contribution < 1.29 is 18.0 Å². The smallest absolute Gasteiger partial charge is 0.229 e. The molecule has 0 atom stereocenters. The molecule has 0 radical (unpaired) electrons. The Bertz CT molecular complexity index is 793. The molecule has 150 valence electrons. The molecular formula is C18H28N4O4S. The fraction of sp³-hybridized carbons (Fsp3) is 0.722. The summed E-state index contributed by atoms with van der Waals surface area (Å²) in [4.78, 5) is 24.8. The first-order chi connectivity index (χ1) is 12.8. The maximum absolute atomic E-state index is 12.6. The summed E-state index contributed by atoms with van der Waals surface area (Å²) in [5.41, 5.74) is 2.12. The number of nitrogens with zero attached hydrogens (tertiary/aromatic N) is 4. The topological polar surface area (TPSA) is 92.6 Å². The van der Waals surface area contributed by atoms with Crippen molar-refractivity contribution in [3.8, 4) is 0 Å². The Kier molecular flexibility index (Phi) is 6.00. The molecule has 0 aliphatic carbocycles. The quantitative estimate of drug-likeness (QED) is 0.671. The zero-order valence-electron chi connectivity index (χ0n) is 16.1. The van der Waals surface area contributed by atoms with Crippen LogP contribution in [0.5, 0.6) is 0 Å². The van der Waals surface area contributed by atoms with Gasteiger partial charge in [0.1, 0.15) is 0 Å². The summed E-state index contributed by atoms with van der Waals surface area (Å²) in [5.74, 6) is -0.304. The molecule has 0 bridgehead atoms. The van der Waals surface area contributed by atoms with E-state index in [0.717, 1.165) is 35.7 Å². The zero-order valence-corrected chi connectivity index (χ0v) is 16.9. The van der Waals surface area contributed by atoms with Gasteiger partial charge >= 0.3 is 0 Å². The van der Waals surface area contributed by atoms with E-state index in [1.807, 2.05) is 24.6 Å². The third-order valence-corrected chi connectivity index (χ3v) is 7.31. The molecule has 3 rings (SSSR count). The summed E-state index contributed by atoms with van der Waals surface area (Å²) in [7, 11) is -3.47. The number of carbonyl (C=O) groups is 2. The van der Waals surface area contributed by atoms with Crippen LogP contribution in [0.2, 0.25) is 0 Å². The predicted molar refractivity (Wildman–Crippen MR) is 100 cm³/mol. The first-order valence-corrected chi connectivity index (χ1v) is 11.2. The van der Waals surface area contributed by atoms with Gasteiger partial charge in [0, 0.05) is 44.7 Å². The molecule has 0 saturated carbocycles. The van der Waals surface area contributed by atoms with Gasteiger partial charge < -0.3 is 0 Å². The second kappa shape index (κ2) is 8.10. The highest BCUT2D eigenvalue weighted by Gasteiger charge is 2.31. The molecule has 1 aromatic heterocycles. The van der Waals surface area contributed by atoms with Crippen molar-refractivity contribution in [2.24, 2.45) is 5.92 Å². The second-order valence-corrected chi connectivity index (χ2v) is 9.65. The van der Waals surface area contributed by atoms with Gasteiger partial charge in [-0.1, -0.05) is 0 Å². The van der Waals surface area contributed by atoms with Gasteiger partial charge in [0.25, 0.3) is 0 Å². The molecule has 8 nitrogen and oxygen atoms in total. The lowest BCUT2D eigenvalue weighted by Gasteiger charge is -2.32. The Balaban J connectivity index is 1.51. The summed E-state index contributed by atoms with van der Waals surface area (Å²) in [6.45, 7) is 5.73. The standard InChI is InChI=1S/C18H28N4O4S/c1-14-12-15(2)22(19-14)13-16-6-8-20(9-7-16)27(25,26)11-10-21-17(23)4-3-5-18(21)24/h12,16H,3-11,13H2,1-2H3. The van der Waals surface area contributed by atoms with Gasteiger partial charge in [0.05, 0.1) is 11.4 Å². The Hall–Kier alpha value is -1.74. The van der Waals surface area contributed by atoms with Gasteiger partial charge in [0.15, 0.2) is 0 Å². The number of carbonyl (C=O) groups excluding carboxylic acids is 2. The van der Waals surface area contributed by atoms with Gasteiger partial charge in [-0.05, 0) is 45.1 Å². The van der Waals surface area contributed by atoms with Crippen molar-refractivity contribution in [3.63, 3.8) is 0 Å². The zero-order chi connectivity index (χ0) is 19.6. The van der Waals surface area contributed by atoms with Crippen molar-refractivity contribution in [2.75, 3.05) is 25.4 Å². The van der Waals surface area contributed by atoms with E-state index in [1.54, 1.807) is 0 Å². The number of hydrogen-bond acceptors (Lipinski definition) is 5. The van der Waals surface area contributed by atoms with Crippen molar-refractivity contribution >= 4 is 21.8 Å². The number of sulfonamides is 1. The van der Waals surface area contributed by atoms with E-state index in [0.29, 0.717) is 38.3 Å². The monoisotopic (exact) mass is 396 g/mol. The summed E-state index contributed by atoms with van der Waals surface area (Å²) >= 11 is 0. The van der Waals surface area contributed by atoms with Crippen molar-refractivity contribution in [1.29, 1.82) is 0 Å². The van der Waals surface area contributed by atoms with Gasteiger partial charge in [-0.3, -0.25) is 19.2 Å². The number of hydrogen-bond donors (Lipinski definition) is 0. The number of rotatable bonds is 6. The molecule has 0 spiro atoms. The molecule has 1 aromatic rings. The van der Waals surface area contributed by atoms with E-state index in [1.165, 1.54) is 4.31 Å². The maximum Gasteiger partial charge on any atom is 0.229 e. The van der Waals surface area contributed by atoms with Crippen LogP contribution in [-0.4, -0.2) is 64.6 Å². The Labute approximate surface area is 160 Å². The second-order valence-electron chi connectivity index (χ2n) is 7.56. The highest BCUT2D eigenvalue weighted by molar-refractivity contribution is 7.89. The molecule has 2 aliphatic heterocycles. The number of likely N-dealkylation sites (tertiary alicyclic amines) is 1. The number of piperidine rings is 2. The van der Waals surface area contributed by atoms with Crippen LogP contribution in [0.25, 0.3) is 0 Å². The van der Waals surface area contributed by atoms with Gasteiger partial charge in [-0.15, -0.1) is 0 Å². The fourth-order valence-corrected chi connectivity index (χ4v) is 5.30. The lowest BCUT2D eigenvalue weighted by molar-refractivity contribution is -0.147. The minimum absolute atomic E-state index is 0.0360. The molecule has 2 aliphatic rings. The van der Waals surface area contributed by atoms with Crippen molar-refractivity contribution in [1.82, 2.24) is 19.0 Å². The van der Waals surface area contributed by atoms with Crippen LogP contribution in [0.4, 0.5) is 0 Å². The summed E-state index contributed by atoms with van der Waals surface area (Å²) in [5, 5.41) is 4.48. The van der Waals surface area contributed by atoms with Crippen LogP contribution in [0.3, 0.4) is 0 Å². The lowest BCUT2D eigenvalue weighted by Crippen LogP contribution is -2.46. The number of imide groups is 1. The normalized spacial score (nSPS) is 20.4. The minimum Gasteiger partial charge on any atom is -0.282 e. The van der Waals surface area contributed by atoms with Crippen LogP contribution in [0.15, 0.2) is 6.07 Å². The highest BCUT2D eigenvalue weighted by Crippen LogP contribution is 2.22. The average molecular weight is 397 g/mol. The van der Waals surface area contributed by atoms with Crippen molar-refractivity contribution in [2.45, 2.75) is 52.5 Å². The Morgan fingerprint density at radius 2 is 1.74 bits per heavy atom. The van der Waals surface area contributed by atoms with E-state index < -0.39 is 10.0 Å². The number of aryl methyl sites for hydroxylation is 2. The van der Waals surface area contributed by atoms with Gasteiger partial charge in [-0.2, -0.15) is 5.10 Å². The molecular weight excluding hydrogens is 368 g/mol. The van der Waals surface area contributed by atoms with Crippen molar-refractivity contribution in [3.05, 3.63) is 17.5 Å². The Morgan fingerprint density at radius 1 is 1.11 bits per heavy atom. The third kappa shape index (κ3) is 4.76. The van der Waals surface area contributed by atoms with Crippen LogP contribution in [0, 0.1) is 19.8 Å². The average Bonchev–Trinajstić information content (AvgIpc) is 2.92. The molecule has 0 aromatic carbocycles. The van der Waals surface area contributed by atoms with Gasteiger partial charge in [-0.25, -0.2) is 12.7 Å². The van der Waals surface area contributed by atoms with Crippen LogP contribution in [0.1, 0.15) is 43.5 Å². The van der Waals surface area contributed by atoms with E-state index in [9.17, 15) is 18.0 Å². The third-order valence-electron chi connectivity index (χ3n) is 5.46. The largest absolute Gasteiger partial charge is 0.282 e. The fourth-order valence-electron chi connectivity index (χ4n) is 3.86. The van der Waals surface area contributed by atoms with Crippen LogP contribution in [-0.2, 0) is 26.2 Å². The van der Waals surface area contributed by atoms with Gasteiger partial charge in [0.2, 0.25) is 21.8 Å². The van der Waals surface area contributed by atoms with E-state index in [4.69, 9.17) is 0 Å². The molecule has 0 unspecified atom stereocenters. The first kappa shape index (κ1) is 20.0. The molecule has 9 heteroatoms. The molecule has 3 heterocycles. The SMILES string of the molecule is Cc1cc(C)n(CC2CCN(S(=O)(=O)CCN3C(=O)CCCC3=O)CC2)n1. The summed E-state index contributed by atoms with van der Waals surface area (Å²) in [6, 6.07) is 2.04. The number of aromatic nitrogens is 2. The molecule has 2 fully saturated rings. The molecule has 2 amide bonds. The summed E-state index contributed by atoms with van der Waals surface area (Å²) in [6.07, 6.45) is 2.79. The van der Waals surface area contributed by atoms with E-state index >= 15 is 0 Å². The predicted octanol–water partition coefficient (Wildman–Crippen LogP) is 1.08. The van der Waals surface area contributed by atoms with E-state index in [2.05, 4.69) is 5.10 Å². The minimum atomic E-state index is -3.47. The lowest BCUT2D eigenvalue weighted by atomic mass is 9.98. The number of amides is 2. The van der Waals surface area contributed by atoms with E-state index in [-0.39, 0.29) is 24.1 Å². The molecule has 27 heavy (non-hydrogen) atoms. The highest BCUT2D eigenvalue weighted by atomic mass is 32.2.